The summed E-state index contributed by atoms with van der Waals surface area (Å²) in [6.45, 7) is 8.13. The van der Waals surface area contributed by atoms with Crippen LogP contribution in [0.5, 0.6) is 0 Å². The Morgan fingerprint density at radius 3 is 2.37 bits per heavy atom. The SMILES string of the molecule is CC(C)CC(=O)NC(C(=O)Nc1ccc(F)c(S(=O)(=O)N2CCOCC2)c1)C(C)C. The molecule has 2 amide bonds. The van der Waals surface area contributed by atoms with Crippen molar-refractivity contribution in [3.8, 4) is 0 Å². The Morgan fingerprint density at radius 1 is 1.17 bits per heavy atom. The first kappa shape index (κ1) is 24.2. The minimum atomic E-state index is -4.06. The molecule has 1 saturated heterocycles. The number of ether oxygens (including phenoxy) is 1. The van der Waals surface area contributed by atoms with E-state index in [2.05, 4.69) is 10.6 Å². The highest BCUT2D eigenvalue weighted by molar-refractivity contribution is 7.89. The van der Waals surface area contributed by atoms with Crippen LogP contribution in [-0.2, 0) is 24.3 Å². The van der Waals surface area contributed by atoms with Crippen molar-refractivity contribution in [2.45, 2.75) is 45.1 Å². The third-order valence-electron chi connectivity index (χ3n) is 4.65. The molecule has 0 spiro atoms. The average molecular weight is 444 g/mol. The van der Waals surface area contributed by atoms with Gasteiger partial charge in [-0.2, -0.15) is 4.31 Å². The normalized spacial score (nSPS) is 16.5. The van der Waals surface area contributed by atoms with E-state index in [0.29, 0.717) is 0 Å². The second kappa shape index (κ2) is 10.3. The summed E-state index contributed by atoms with van der Waals surface area (Å²) < 4.78 is 46.2. The van der Waals surface area contributed by atoms with E-state index in [9.17, 15) is 22.4 Å². The number of halogens is 1. The zero-order valence-electron chi connectivity index (χ0n) is 17.8. The van der Waals surface area contributed by atoms with Crippen molar-refractivity contribution in [1.82, 2.24) is 9.62 Å². The van der Waals surface area contributed by atoms with Crippen molar-refractivity contribution in [2.24, 2.45) is 11.8 Å². The lowest BCUT2D eigenvalue weighted by Crippen LogP contribution is -2.47. The summed E-state index contributed by atoms with van der Waals surface area (Å²) in [5, 5.41) is 5.31. The fourth-order valence-electron chi connectivity index (χ4n) is 3.06. The van der Waals surface area contributed by atoms with Crippen LogP contribution >= 0.6 is 0 Å². The van der Waals surface area contributed by atoms with E-state index >= 15 is 0 Å². The number of nitrogens with one attached hydrogen (secondary N) is 2. The van der Waals surface area contributed by atoms with E-state index in [4.69, 9.17) is 4.74 Å². The predicted molar refractivity (Wildman–Crippen MR) is 111 cm³/mol. The number of nitrogens with zero attached hydrogens (tertiary/aromatic N) is 1. The van der Waals surface area contributed by atoms with E-state index in [1.165, 1.54) is 6.07 Å². The third kappa shape index (κ3) is 6.23. The first-order valence-electron chi connectivity index (χ1n) is 10.00. The minimum Gasteiger partial charge on any atom is -0.379 e. The molecule has 1 fully saturated rings. The van der Waals surface area contributed by atoms with Crippen LogP contribution in [0.2, 0.25) is 0 Å². The minimum absolute atomic E-state index is 0.135. The average Bonchev–Trinajstić information content (AvgIpc) is 2.67. The molecule has 1 aromatic carbocycles. The maximum atomic E-state index is 14.3. The fraction of sp³-hybridized carbons (Fsp3) is 0.600. The number of amides is 2. The zero-order chi connectivity index (χ0) is 22.5. The predicted octanol–water partition coefficient (Wildman–Crippen LogP) is 1.97. The van der Waals surface area contributed by atoms with Crippen molar-refractivity contribution in [3.05, 3.63) is 24.0 Å². The van der Waals surface area contributed by atoms with Gasteiger partial charge in [0.1, 0.15) is 16.8 Å². The molecular weight excluding hydrogens is 413 g/mol. The Bertz CT molecular complexity index is 867. The molecule has 0 aromatic heterocycles. The Labute approximate surface area is 177 Å². The second-order valence-electron chi connectivity index (χ2n) is 8.04. The van der Waals surface area contributed by atoms with Gasteiger partial charge in [0.05, 0.1) is 13.2 Å². The van der Waals surface area contributed by atoms with Gasteiger partial charge < -0.3 is 15.4 Å². The van der Waals surface area contributed by atoms with Crippen molar-refractivity contribution in [3.63, 3.8) is 0 Å². The number of rotatable bonds is 8. The summed E-state index contributed by atoms with van der Waals surface area (Å²) in [4.78, 5) is 24.3. The largest absolute Gasteiger partial charge is 0.379 e. The summed E-state index contributed by atoms with van der Waals surface area (Å²) in [5.41, 5.74) is 0.136. The Hall–Kier alpha value is -2.04. The molecule has 1 aliphatic rings. The Balaban J connectivity index is 2.20. The molecule has 10 heteroatoms. The first-order chi connectivity index (χ1) is 14.0. The summed E-state index contributed by atoms with van der Waals surface area (Å²) >= 11 is 0. The number of hydrogen-bond donors (Lipinski definition) is 2. The highest BCUT2D eigenvalue weighted by Crippen LogP contribution is 2.24. The van der Waals surface area contributed by atoms with E-state index in [-0.39, 0.29) is 56.2 Å². The van der Waals surface area contributed by atoms with Crippen molar-refractivity contribution in [1.29, 1.82) is 0 Å². The van der Waals surface area contributed by atoms with Gasteiger partial charge in [-0.3, -0.25) is 9.59 Å². The van der Waals surface area contributed by atoms with Crippen LogP contribution in [0.1, 0.15) is 34.1 Å². The van der Waals surface area contributed by atoms with E-state index in [1.54, 1.807) is 13.8 Å². The zero-order valence-corrected chi connectivity index (χ0v) is 18.6. The van der Waals surface area contributed by atoms with Crippen LogP contribution in [-0.4, -0.2) is 56.9 Å². The van der Waals surface area contributed by atoms with Crippen molar-refractivity contribution >= 4 is 27.5 Å². The molecule has 1 unspecified atom stereocenters. The monoisotopic (exact) mass is 443 g/mol. The molecular formula is C20H30FN3O5S. The van der Waals surface area contributed by atoms with Gasteiger partial charge in [-0.1, -0.05) is 27.7 Å². The van der Waals surface area contributed by atoms with Crippen LogP contribution in [0.15, 0.2) is 23.1 Å². The molecule has 1 heterocycles. The van der Waals surface area contributed by atoms with Gasteiger partial charge >= 0.3 is 0 Å². The first-order valence-corrected chi connectivity index (χ1v) is 11.4. The molecule has 2 rings (SSSR count). The number of carbonyl (C=O) groups is 2. The Morgan fingerprint density at radius 2 is 1.80 bits per heavy atom. The van der Waals surface area contributed by atoms with Crippen LogP contribution < -0.4 is 10.6 Å². The van der Waals surface area contributed by atoms with Gasteiger partial charge in [-0.15, -0.1) is 0 Å². The Kier molecular flexibility index (Phi) is 8.34. The summed E-state index contributed by atoms with van der Waals surface area (Å²) in [6, 6.07) is 2.59. The second-order valence-corrected chi connectivity index (χ2v) is 9.94. The fourth-order valence-corrected chi connectivity index (χ4v) is 4.56. The summed E-state index contributed by atoms with van der Waals surface area (Å²) in [6.07, 6.45) is 0.287. The van der Waals surface area contributed by atoms with E-state index < -0.39 is 32.7 Å². The lowest BCUT2D eigenvalue weighted by atomic mass is 10.0. The van der Waals surface area contributed by atoms with Gasteiger partial charge in [0.2, 0.25) is 21.8 Å². The summed E-state index contributed by atoms with van der Waals surface area (Å²) in [7, 11) is -4.06. The van der Waals surface area contributed by atoms with Gasteiger partial charge in [0.25, 0.3) is 0 Å². The molecule has 1 aromatic rings. The smallest absolute Gasteiger partial charge is 0.247 e. The topological polar surface area (TPSA) is 105 Å². The van der Waals surface area contributed by atoms with Gasteiger partial charge in [0.15, 0.2) is 0 Å². The molecule has 30 heavy (non-hydrogen) atoms. The number of anilines is 1. The van der Waals surface area contributed by atoms with E-state index in [0.717, 1.165) is 16.4 Å². The highest BCUT2D eigenvalue weighted by atomic mass is 32.2. The molecule has 2 N–H and O–H groups in total. The number of morpholine rings is 1. The summed E-state index contributed by atoms with van der Waals surface area (Å²) in [5.74, 6) is -1.69. The molecule has 0 aliphatic carbocycles. The molecule has 0 bridgehead atoms. The van der Waals surface area contributed by atoms with Crippen LogP contribution in [0.4, 0.5) is 10.1 Å². The number of carbonyl (C=O) groups excluding carboxylic acids is 2. The van der Waals surface area contributed by atoms with Gasteiger partial charge in [0, 0.05) is 25.2 Å². The lowest BCUT2D eigenvalue weighted by molar-refractivity contribution is -0.127. The molecule has 1 aliphatic heterocycles. The third-order valence-corrected chi connectivity index (χ3v) is 6.56. The van der Waals surface area contributed by atoms with Gasteiger partial charge in [-0.25, -0.2) is 12.8 Å². The number of benzene rings is 1. The maximum Gasteiger partial charge on any atom is 0.247 e. The number of sulfonamides is 1. The quantitative estimate of drug-likeness (QED) is 0.639. The van der Waals surface area contributed by atoms with Crippen LogP contribution in [0.3, 0.4) is 0 Å². The molecule has 8 nitrogen and oxygen atoms in total. The number of hydrogen-bond acceptors (Lipinski definition) is 5. The molecule has 168 valence electrons. The molecule has 1 atom stereocenters. The maximum absolute atomic E-state index is 14.3. The molecule has 0 saturated carbocycles. The van der Waals surface area contributed by atoms with Crippen LogP contribution in [0.25, 0.3) is 0 Å². The standard InChI is InChI=1S/C20H30FN3O5S/c1-13(2)11-18(25)23-19(14(3)4)20(26)22-15-5-6-16(21)17(12-15)30(27,28)24-7-9-29-10-8-24/h5-6,12-14,19H,7-11H2,1-4H3,(H,22,26)(H,23,25). The van der Waals surface area contributed by atoms with Gasteiger partial charge in [-0.05, 0) is 30.0 Å². The highest BCUT2D eigenvalue weighted by Gasteiger charge is 2.30. The van der Waals surface area contributed by atoms with E-state index in [1.807, 2.05) is 13.8 Å². The van der Waals surface area contributed by atoms with Crippen molar-refractivity contribution in [2.75, 3.05) is 31.6 Å². The lowest BCUT2D eigenvalue weighted by Gasteiger charge is -2.26. The van der Waals surface area contributed by atoms with Crippen LogP contribution in [0, 0.1) is 17.7 Å². The van der Waals surface area contributed by atoms with Crippen molar-refractivity contribution < 1.29 is 27.1 Å². The molecule has 0 radical (unpaired) electrons.